The molecule has 4 rings (SSSR count). The van der Waals surface area contributed by atoms with E-state index in [0.29, 0.717) is 5.82 Å². The molecule has 0 aliphatic carbocycles. The molecule has 2 atom stereocenters. The lowest BCUT2D eigenvalue weighted by atomic mass is 9.76. The van der Waals surface area contributed by atoms with Gasteiger partial charge in [-0.15, -0.1) is 0 Å². The topological polar surface area (TPSA) is 74.1 Å². The van der Waals surface area contributed by atoms with E-state index in [1.54, 1.807) is 13.3 Å². The van der Waals surface area contributed by atoms with E-state index in [1.807, 2.05) is 54.6 Å². The summed E-state index contributed by atoms with van der Waals surface area (Å²) in [6, 6.07) is 20.1. The first-order valence-electron chi connectivity index (χ1n) is 8.03. The third kappa shape index (κ3) is 2.48. The molecule has 2 aromatic carbocycles. The lowest BCUT2D eigenvalue weighted by molar-refractivity contribution is 0.406. The summed E-state index contributed by atoms with van der Waals surface area (Å²) >= 11 is 0. The molecule has 1 N–H and O–H groups in total. The number of hydrogen-bond acceptors (Lipinski definition) is 4. The third-order valence-corrected chi connectivity index (χ3v) is 4.53. The number of fused-ring (bicyclic) bond motifs is 1. The van der Waals surface area contributed by atoms with Crippen LogP contribution in [0.25, 0.3) is 0 Å². The largest absolute Gasteiger partial charge is 0.496 e. The van der Waals surface area contributed by atoms with Gasteiger partial charge in [0.25, 0.3) is 0 Å². The van der Waals surface area contributed by atoms with Gasteiger partial charge in [0.1, 0.15) is 11.7 Å². The lowest BCUT2D eigenvalue weighted by Gasteiger charge is -2.28. The summed E-state index contributed by atoms with van der Waals surface area (Å²) in [5.74, 6) is 0.835. The van der Waals surface area contributed by atoms with Gasteiger partial charge >= 0.3 is 0 Å². The molecule has 1 aliphatic heterocycles. The van der Waals surface area contributed by atoms with Crippen molar-refractivity contribution in [3.05, 3.63) is 77.5 Å². The molecule has 0 radical (unpaired) electrons. The number of aliphatic imine (C=N–C) groups is 1. The van der Waals surface area contributed by atoms with E-state index in [0.717, 1.165) is 28.2 Å². The summed E-state index contributed by atoms with van der Waals surface area (Å²) in [5, 5.41) is 17.1. The Hall–Kier alpha value is -3.39. The molecule has 122 valence electrons. The van der Waals surface area contributed by atoms with E-state index in [9.17, 15) is 5.26 Å². The van der Waals surface area contributed by atoms with Crippen molar-refractivity contribution in [1.29, 1.82) is 5.26 Å². The Bertz CT molecular complexity index is 969. The SMILES string of the molecule is COc1ccccc1C1c2cn[nH]c2N=C(c2ccccc2)C1C#N. The first-order valence-corrected chi connectivity index (χ1v) is 8.03. The monoisotopic (exact) mass is 328 g/mol. The molecule has 5 heteroatoms. The van der Waals surface area contributed by atoms with Gasteiger partial charge in [0, 0.05) is 17.0 Å². The lowest BCUT2D eigenvalue weighted by Crippen LogP contribution is -2.26. The molecule has 0 fully saturated rings. The van der Waals surface area contributed by atoms with Gasteiger partial charge in [-0.3, -0.25) is 5.10 Å². The number of aromatic amines is 1. The molecule has 0 saturated carbocycles. The predicted molar refractivity (Wildman–Crippen MR) is 95.2 cm³/mol. The van der Waals surface area contributed by atoms with Crippen LogP contribution in [0.4, 0.5) is 5.82 Å². The van der Waals surface area contributed by atoms with Crippen LogP contribution in [0.15, 0.2) is 65.8 Å². The van der Waals surface area contributed by atoms with Crippen LogP contribution in [-0.2, 0) is 0 Å². The second-order valence-corrected chi connectivity index (χ2v) is 5.86. The molecule has 5 nitrogen and oxygen atoms in total. The van der Waals surface area contributed by atoms with E-state index in [4.69, 9.17) is 9.73 Å². The van der Waals surface area contributed by atoms with Crippen LogP contribution in [0.5, 0.6) is 5.75 Å². The van der Waals surface area contributed by atoms with Crippen LogP contribution in [0.1, 0.15) is 22.6 Å². The molecule has 0 spiro atoms. The zero-order valence-electron chi connectivity index (χ0n) is 13.7. The highest BCUT2D eigenvalue weighted by molar-refractivity contribution is 6.07. The smallest absolute Gasteiger partial charge is 0.152 e. The highest BCUT2D eigenvalue weighted by Crippen LogP contribution is 2.44. The normalized spacial score (nSPS) is 18.8. The van der Waals surface area contributed by atoms with Gasteiger partial charge < -0.3 is 4.74 Å². The molecule has 2 heterocycles. The van der Waals surface area contributed by atoms with Gasteiger partial charge in [-0.1, -0.05) is 48.5 Å². The van der Waals surface area contributed by atoms with Gasteiger partial charge in [0.05, 0.1) is 25.1 Å². The van der Waals surface area contributed by atoms with E-state index >= 15 is 0 Å². The van der Waals surface area contributed by atoms with E-state index in [-0.39, 0.29) is 5.92 Å². The van der Waals surface area contributed by atoms with Crippen molar-refractivity contribution in [3.63, 3.8) is 0 Å². The van der Waals surface area contributed by atoms with Crippen LogP contribution in [0.2, 0.25) is 0 Å². The Labute approximate surface area is 145 Å². The van der Waals surface area contributed by atoms with Gasteiger partial charge in [-0.2, -0.15) is 10.4 Å². The first-order chi connectivity index (χ1) is 12.3. The quantitative estimate of drug-likeness (QED) is 0.794. The number of rotatable bonds is 3. The zero-order valence-corrected chi connectivity index (χ0v) is 13.7. The number of ether oxygens (including phenoxy) is 1. The van der Waals surface area contributed by atoms with Crippen LogP contribution < -0.4 is 4.74 Å². The standard InChI is InChI=1S/C20H16N4O/c1-25-17-10-6-5-9-14(17)18-15(11-21)19(13-7-3-2-4-8-13)23-20-16(18)12-22-24-20/h2-10,12,15,18H,1H3,(H,22,24). The second-order valence-electron chi connectivity index (χ2n) is 5.86. The first kappa shape index (κ1) is 15.2. The van der Waals surface area contributed by atoms with Crippen molar-refractivity contribution in [2.45, 2.75) is 5.92 Å². The van der Waals surface area contributed by atoms with E-state index in [2.05, 4.69) is 16.3 Å². The summed E-state index contributed by atoms with van der Waals surface area (Å²) < 4.78 is 5.54. The fraction of sp³-hybridized carbons (Fsp3) is 0.150. The number of nitrogens with one attached hydrogen (secondary N) is 1. The minimum Gasteiger partial charge on any atom is -0.496 e. The number of benzene rings is 2. The zero-order chi connectivity index (χ0) is 17.2. The van der Waals surface area contributed by atoms with Gasteiger partial charge in [-0.05, 0) is 11.6 Å². The van der Waals surface area contributed by atoms with Crippen molar-refractivity contribution in [1.82, 2.24) is 10.2 Å². The molecule has 0 bridgehead atoms. The molecular formula is C20H16N4O. The maximum atomic E-state index is 9.98. The Morgan fingerprint density at radius 1 is 1.04 bits per heavy atom. The Kier molecular flexibility index (Phi) is 3.79. The molecule has 1 aromatic heterocycles. The van der Waals surface area contributed by atoms with Crippen LogP contribution in [0, 0.1) is 17.2 Å². The fourth-order valence-electron chi connectivity index (χ4n) is 3.39. The van der Waals surface area contributed by atoms with Gasteiger partial charge in [-0.25, -0.2) is 4.99 Å². The summed E-state index contributed by atoms with van der Waals surface area (Å²) in [7, 11) is 1.64. The number of hydrogen-bond donors (Lipinski definition) is 1. The van der Waals surface area contributed by atoms with Gasteiger partial charge in [0.2, 0.25) is 0 Å². The Morgan fingerprint density at radius 3 is 2.56 bits per heavy atom. The van der Waals surface area contributed by atoms with Crippen molar-refractivity contribution < 1.29 is 4.74 Å². The number of methoxy groups -OCH3 is 1. The van der Waals surface area contributed by atoms with Crippen molar-refractivity contribution in [3.8, 4) is 11.8 Å². The minimum absolute atomic E-state index is 0.192. The number of aromatic nitrogens is 2. The number of H-pyrrole nitrogens is 1. The van der Waals surface area contributed by atoms with E-state index < -0.39 is 5.92 Å². The molecule has 3 aromatic rings. The average molecular weight is 328 g/mol. The predicted octanol–water partition coefficient (Wildman–Crippen LogP) is 3.82. The summed E-state index contributed by atoms with van der Waals surface area (Å²) in [5.41, 5.74) is 3.56. The maximum absolute atomic E-state index is 9.98. The third-order valence-electron chi connectivity index (χ3n) is 4.53. The summed E-state index contributed by atoms with van der Waals surface area (Å²) in [6.07, 6.45) is 1.75. The van der Waals surface area contributed by atoms with Crippen molar-refractivity contribution in [2.24, 2.45) is 10.9 Å². The molecule has 0 saturated heterocycles. The second kappa shape index (κ2) is 6.25. The number of nitriles is 1. The number of nitrogens with zero attached hydrogens (tertiary/aromatic N) is 3. The average Bonchev–Trinajstić information content (AvgIpc) is 3.15. The Morgan fingerprint density at radius 2 is 1.80 bits per heavy atom. The maximum Gasteiger partial charge on any atom is 0.152 e. The molecule has 0 amide bonds. The number of para-hydroxylation sites is 1. The highest BCUT2D eigenvalue weighted by Gasteiger charge is 2.37. The fourth-order valence-corrected chi connectivity index (χ4v) is 3.39. The summed E-state index contributed by atoms with van der Waals surface area (Å²) in [4.78, 5) is 4.69. The van der Waals surface area contributed by atoms with Gasteiger partial charge in [0.15, 0.2) is 5.82 Å². The molecule has 1 aliphatic rings. The van der Waals surface area contributed by atoms with Crippen LogP contribution in [0.3, 0.4) is 0 Å². The molecule has 25 heavy (non-hydrogen) atoms. The highest BCUT2D eigenvalue weighted by atomic mass is 16.5. The van der Waals surface area contributed by atoms with Crippen molar-refractivity contribution in [2.75, 3.05) is 7.11 Å². The van der Waals surface area contributed by atoms with Crippen LogP contribution >= 0.6 is 0 Å². The van der Waals surface area contributed by atoms with Crippen molar-refractivity contribution >= 4 is 11.5 Å². The van der Waals surface area contributed by atoms with Crippen LogP contribution in [-0.4, -0.2) is 23.0 Å². The summed E-state index contributed by atoms with van der Waals surface area (Å²) in [6.45, 7) is 0. The van der Waals surface area contributed by atoms with E-state index in [1.165, 1.54) is 0 Å². The minimum atomic E-state index is -0.427. The Balaban J connectivity index is 1.93. The molecular weight excluding hydrogens is 312 g/mol. The molecule has 2 unspecified atom stereocenters.